The van der Waals surface area contributed by atoms with Gasteiger partial charge >= 0.3 is 0 Å². The molecular formula is C12H14ClNO2S. The molecule has 1 N–H and O–H groups in total. The van der Waals surface area contributed by atoms with E-state index in [0.29, 0.717) is 15.8 Å². The maximum absolute atomic E-state index is 12.2. The third-order valence-corrected chi connectivity index (χ3v) is 4.17. The minimum absolute atomic E-state index is 0.0668. The topological polar surface area (TPSA) is 40.5 Å². The van der Waals surface area contributed by atoms with Crippen LogP contribution >= 0.6 is 23.4 Å². The molecule has 17 heavy (non-hydrogen) atoms. The van der Waals surface area contributed by atoms with E-state index in [1.165, 1.54) is 12.1 Å². The molecule has 0 aromatic heterocycles. The Morgan fingerprint density at radius 1 is 1.59 bits per heavy atom. The first kappa shape index (κ1) is 12.6. The largest absolute Gasteiger partial charge is 0.508 e. The Balaban J connectivity index is 2.21. The van der Waals surface area contributed by atoms with Crippen LogP contribution in [0.15, 0.2) is 18.2 Å². The molecule has 5 heteroatoms. The van der Waals surface area contributed by atoms with Crippen LogP contribution in [0.5, 0.6) is 5.75 Å². The van der Waals surface area contributed by atoms with Gasteiger partial charge in [-0.1, -0.05) is 18.5 Å². The van der Waals surface area contributed by atoms with Gasteiger partial charge in [-0.2, -0.15) is 11.8 Å². The summed E-state index contributed by atoms with van der Waals surface area (Å²) in [4.78, 5) is 14.0. The average Bonchev–Trinajstić information content (AvgIpc) is 2.31. The van der Waals surface area contributed by atoms with Crippen molar-refractivity contribution in [2.24, 2.45) is 0 Å². The summed E-state index contributed by atoms with van der Waals surface area (Å²) in [6.45, 7) is 3.57. The zero-order chi connectivity index (χ0) is 12.4. The number of hydrogen-bond acceptors (Lipinski definition) is 3. The number of hydrogen-bond donors (Lipinski definition) is 1. The smallest absolute Gasteiger partial charge is 0.255 e. The molecule has 1 aromatic rings. The number of nitrogens with zero attached hydrogens (tertiary/aromatic N) is 1. The SMILES string of the molecule is C[C@@H]1CN(C(=O)c2cc(O)ccc2Cl)CCS1. The molecule has 0 aliphatic carbocycles. The van der Waals surface area contributed by atoms with Gasteiger partial charge in [0.1, 0.15) is 5.75 Å². The number of amides is 1. The van der Waals surface area contributed by atoms with Crippen molar-refractivity contribution in [3.8, 4) is 5.75 Å². The fourth-order valence-electron chi connectivity index (χ4n) is 1.85. The number of phenols is 1. The Morgan fingerprint density at radius 3 is 3.06 bits per heavy atom. The van der Waals surface area contributed by atoms with Crippen molar-refractivity contribution in [1.29, 1.82) is 0 Å². The first-order chi connectivity index (χ1) is 8.08. The van der Waals surface area contributed by atoms with E-state index >= 15 is 0 Å². The maximum atomic E-state index is 12.2. The minimum atomic E-state index is -0.0990. The highest BCUT2D eigenvalue weighted by atomic mass is 35.5. The standard InChI is InChI=1S/C12H14ClNO2S/c1-8-7-14(4-5-17-8)12(16)10-6-9(15)2-3-11(10)13/h2-3,6,8,15H,4-5,7H2,1H3/t8-/m1/s1. The van der Waals surface area contributed by atoms with E-state index in [2.05, 4.69) is 6.92 Å². The van der Waals surface area contributed by atoms with Gasteiger partial charge in [0, 0.05) is 24.1 Å². The van der Waals surface area contributed by atoms with Crippen LogP contribution in [-0.2, 0) is 0 Å². The van der Waals surface area contributed by atoms with Gasteiger partial charge in [0.2, 0.25) is 0 Å². The predicted octanol–water partition coefficient (Wildman–Crippen LogP) is 2.62. The summed E-state index contributed by atoms with van der Waals surface area (Å²) in [7, 11) is 0. The van der Waals surface area contributed by atoms with E-state index in [-0.39, 0.29) is 11.7 Å². The zero-order valence-electron chi connectivity index (χ0n) is 9.52. The third kappa shape index (κ3) is 2.87. The lowest BCUT2D eigenvalue weighted by Gasteiger charge is -2.30. The summed E-state index contributed by atoms with van der Waals surface area (Å²) in [5.74, 6) is 0.916. The van der Waals surface area contributed by atoms with Crippen LogP contribution in [0.2, 0.25) is 5.02 Å². The molecule has 1 amide bonds. The molecule has 1 fully saturated rings. The lowest BCUT2D eigenvalue weighted by atomic mass is 10.1. The molecule has 1 aromatic carbocycles. The monoisotopic (exact) mass is 271 g/mol. The van der Waals surface area contributed by atoms with E-state index in [1.54, 1.807) is 11.0 Å². The predicted molar refractivity (Wildman–Crippen MR) is 70.9 cm³/mol. The molecule has 1 aliphatic rings. The van der Waals surface area contributed by atoms with Crippen LogP contribution in [0.1, 0.15) is 17.3 Å². The molecule has 3 nitrogen and oxygen atoms in total. The van der Waals surface area contributed by atoms with Crippen molar-refractivity contribution in [2.45, 2.75) is 12.2 Å². The summed E-state index contributed by atoms with van der Waals surface area (Å²) in [5.41, 5.74) is 0.380. The van der Waals surface area contributed by atoms with E-state index in [9.17, 15) is 9.90 Å². The van der Waals surface area contributed by atoms with Crippen LogP contribution < -0.4 is 0 Å². The van der Waals surface area contributed by atoms with Gasteiger partial charge in [0.15, 0.2) is 0 Å². The molecule has 92 valence electrons. The fourth-order valence-corrected chi connectivity index (χ4v) is 3.06. The molecule has 0 bridgehead atoms. The average molecular weight is 272 g/mol. The molecule has 0 radical (unpaired) electrons. The lowest BCUT2D eigenvalue weighted by molar-refractivity contribution is 0.0763. The first-order valence-corrected chi connectivity index (χ1v) is 6.90. The van der Waals surface area contributed by atoms with Gasteiger partial charge in [-0.15, -0.1) is 0 Å². The van der Waals surface area contributed by atoms with Gasteiger partial charge in [-0.25, -0.2) is 0 Å². The number of rotatable bonds is 1. The highest BCUT2D eigenvalue weighted by Crippen LogP contribution is 2.25. The molecule has 1 heterocycles. The Hall–Kier alpha value is -0.870. The van der Waals surface area contributed by atoms with Crippen LogP contribution in [0.4, 0.5) is 0 Å². The lowest BCUT2D eigenvalue weighted by Crippen LogP contribution is -2.41. The van der Waals surface area contributed by atoms with Gasteiger partial charge < -0.3 is 10.0 Å². The quantitative estimate of drug-likeness (QED) is 0.854. The van der Waals surface area contributed by atoms with Crippen molar-refractivity contribution in [2.75, 3.05) is 18.8 Å². The van der Waals surface area contributed by atoms with Crippen molar-refractivity contribution < 1.29 is 9.90 Å². The molecule has 1 aliphatic heterocycles. The second-order valence-corrected chi connectivity index (χ2v) is 6.05. The molecule has 2 rings (SSSR count). The first-order valence-electron chi connectivity index (χ1n) is 5.47. The normalized spacial score (nSPS) is 20.4. The van der Waals surface area contributed by atoms with Crippen molar-refractivity contribution >= 4 is 29.3 Å². The number of carbonyl (C=O) groups excluding carboxylic acids is 1. The summed E-state index contributed by atoms with van der Waals surface area (Å²) in [5, 5.41) is 10.2. The number of phenolic OH excluding ortho intramolecular Hbond substituents is 1. The molecule has 0 saturated carbocycles. The van der Waals surface area contributed by atoms with Crippen molar-refractivity contribution in [3.63, 3.8) is 0 Å². The second-order valence-electron chi connectivity index (χ2n) is 4.10. The van der Waals surface area contributed by atoms with Gasteiger partial charge in [0.05, 0.1) is 10.6 Å². The number of aromatic hydroxyl groups is 1. The summed E-state index contributed by atoms with van der Waals surface area (Å²) in [6.07, 6.45) is 0. The highest BCUT2D eigenvalue weighted by molar-refractivity contribution is 7.99. The van der Waals surface area contributed by atoms with Crippen LogP contribution in [-0.4, -0.2) is 40.0 Å². The van der Waals surface area contributed by atoms with Crippen molar-refractivity contribution in [3.05, 3.63) is 28.8 Å². The van der Waals surface area contributed by atoms with E-state index in [4.69, 9.17) is 11.6 Å². The van der Waals surface area contributed by atoms with E-state index < -0.39 is 0 Å². The molecule has 1 atom stereocenters. The van der Waals surface area contributed by atoms with Gasteiger partial charge in [-0.05, 0) is 18.2 Å². The summed E-state index contributed by atoms with van der Waals surface area (Å²) >= 11 is 7.85. The number of halogens is 1. The second kappa shape index (κ2) is 5.19. The third-order valence-electron chi connectivity index (χ3n) is 2.71. The zero-order valence-corrected chi connectivity index (χ0v) is 11.1. The Labute approximate surface area is 110 Å². The van der Waals surface area contributed by atoms with Crippen molar-refractivity contribution in [1.82, 2.24) is 4.90 Å². The number of thioether (sulfide) groups is 1. The molecule has 0 spiro atoms. The van der Waals surface area contributed by atoms with Crippen LogP contribution in [0, 0.1) is 0 Å². The maximum Gasteiger partial charge on any atom is 0.255 e. The fraction of sp³-hybridized carbons (Fsp3) is 0.417. The van der Waals surface area contributed by atoms with E-state index in [1.807, 2.05) is 11.8 Å². The number of benzene rings is 1. The molecule has 0 unspecified atom stereocenters. The Bertz CT molecular complexity index is 439. The summed E-state index contributed by atoms with van der Waals surface area (Å²) < 4.78 is 0. The summed E-state index contributed by atoms with van der Waals surface area (Å²) in [6, 6.07) is 4.46. The van der Waals surface area contributed by atoms with Crippen LogP contribution in [0.25, 0.3) is 0 Å². The Kier molecular flexibility index (Phi) is 3.84. The van der Waals surface area contributed by atoms with Crippen LogP contribution in [0.3, 0.4) is 0 Å². The van der Waals surface area contributed by atoms with Gasteiger partial charge in [0.25, 0.3) is 5.91 Å². The molecule has 1 saturated heterocycles. The van der Waals surface area contributed by atoms with E-state index in [0.717, 1.165) is 18.8 Å². The number of carbonyl (C=O) groups is 1. The minimum Gasteiger partial charge on any atom is -0.508 e. The van der Waals surface area contributed by atoms with Gasteiger partial charge in [-0.3, -0.25) is 4.79 Å². The highest BCUT2D eigenvalue weighted by Gasteiger charge is 2.24. The molecular weight excluding hydrogens is 258 g/mol. The Morgan fingerprint density at radius 2 is 2.35 bits per heavy atom.